The molecule has 1 aliphatic rings. The Morgan fingerprint density at radius 3 is 2.95 bits per heavy atom. The molecule has 2 N–H and O–H groups in total. The zero-order valence-corrected chi connectivity index (χ0v) is 13.7. The van der Waals surface area contributed by atoms with Gasteiger partial charge in [-0.25, -0.2) is 4.98 Å². The van der Waals surface area contributed by atoms with E-state index in [1.165, 1.54) is 0 Å². The summed E-state index contributed by atoms with van der Waals surface area (Å²) < 4.78 is 0. The van der Waals surface area contributed by atoms with Crippen LogP contribution in [-0.4, -0.2) is 30.0 Å². The first kappa shape index (κ1) is 15.5. The molecule has 116 valence electrons. The number of nitrogens with one attached hydrogen (secondary N) is 2. The van der Waals surface area contributed by atoms with Gasteiger partial charge in [0.25, 0.3) is 0 Å². The first-order valence-corrected chi connectivity index (χ1v) is 8.69. The minimum Gasteiger partial charge on any atom is -0.354 e. The number of hydrogen-bond donors (Lipinski definition) is 2. The van der Waals surface area contributed by atoms with Gasteiger partial charge in [-0.15, -0.1) is 11.3 Å². The van der Waals surface area contributed by atoms with Crippen molar-refractivity contribution in [2.75, 3.05) is 13.1 Å². The van der Waals surface area contributed by atoms with Gasteiger partial charge in [0.2, 0.25) is 5.91 Å². The molecule has 6 heteroatoms. The average molecular weight is 336 g/mol. The highest BCUT2D eigenvalue weighted by molar-refractivity contribution is 7.13. The topological polar surface area (TPSA) is 54.0 Å². The van der Waals surface area contributed by atoms with Crippen molar-refractivity contribution in [3.8, 4) is 10.6 Å². The second kappa shape index (κ2) is 7.22. The Kier molecular flexibility index (Phi) is 5.08. The van der Waals surface area contributed by atoms with E-state index < -0.39 is 0 Å². The molecule has 2 heterocycles. The Labute approximate surface area is 138 Å². The predicted molar refractivity (Wildman–Crippen MR) is 90.3 cm³/mol. The summed E-state index contributed by atoms with van der Waals surface area (Å²) in [4.78, 5) is 16.5. The standard InChI is InChI=1S/C16H18ClN3OS/c17-12-5-3-11(4-6-12)16-20-13(10-22-16)7-9-19-15(21)14-2-1-8-18-14/h3-6,10,14,18H,1-2,7-9H2,(H,19,21)/t14-/m1/s1. The van der Waals surface area contributed by atoms with Gasteiger partial charge in [-0.2, -0.15) is 0 Å². The zero-order valence-electron chi connectivity index (χ0n) is 12.1. The number of hydrogen-bond acceptors (Lipinski definition) is 4. The van der Waals surface area contributed by atoms with Gasteiger partial charge in [-0.3, -0.25) is 4.79 Å². The number of carbonyl (C=O) groups excluding carboxylic acids is 1. The van der Waals surface area contributed by atoms with Crippen LogP contribution in [0.15, 0.2) is 29.6 Å². The van der Waals surface area contributed by atoms with E-state index in [0.29, 0.717) is 6.54 Å². The van der Waals surface area contributed by atoms with Crippen molar-refractivity contribution in [3.63, 3.8) is 0 Å². The smallest absolute Gasteiger partial charge is 0.237 e. The molecule has 1 aliphatic heterocycles. The lowest BCUT2D eigenvalue weighted by Crippen LogP contribution is -2.41. The van der Waals surface area contributed by atoms with Crippen molar-refractivity contribution in [2.45, 2.75) is 25.3 Å². The SMILES string of the molecule is O=C(NCCc1csc(-c2ccc(Cl)cc2)n1)[C@H]1CCCN1. The van der Waals surface area contributed by atoms with E-state index in [2.05, 4.69) is 15.6 Å². The third-order valence-electron chi connectivity index (χ3n) is 3.70. The number of benzene rings is 1. The molecule has 1 atom stereocenters. The summed E-state index contributed by atoms with van der Waals surface area (Å²) in [5.41, 5.74) is 2.08. The maximum atomic E-state index is 11.9. The summed E-state index contributed by atoms with van der Waals surface area (Å²) in [6, 6.07) is 7.66. The van der Waals surface area contributed by atoms with E-state index in [1.807, 2.05) is 29.6 Å². The number of amides is 1. The van der Waals surface area contributed by atoms with Gasteiger partial charge in [-0.1, -0.05) is 23.7 Å². The van der Waals surface area contributed by atoms with Gasteiger partial charge in [0.05, 0.1) is 11.7 Å². The lowest BCUT2D eigenvalue weighted by Gasteiger charge is -2.10. The van der Waals surface area contributed by atoms with E-state index in [1.54, 1.807) is 11.3 Å². The average Bonchev–Trinajstić information content (AvgIpc) is 3.19. The highest BCUT2D eigenvalue weighted by Gasteiger charge is 2.21. The molecule has 3 rings (SSSR count). The second-order valence-electron chi connectivity index (χ2n) is 5.34. The van der Waals surface area contributed by atoms with Crippen LogP contribution in [0, 0.1) is 0 Å². The Morgan fingerprint density at radius 2 is 2.23 bits per heavy atom. The quantitative estimate of drug-likeness (QED) is 0.883. The summed E-state index contributed by atoms with van der Waals surface area (Å²) >= 11 is 7.51. The molecular weight excluding hydrogens is 318 g/mol. The van der Waals surface area contributed by atoms with Crippen molar-refractivity contribution >= 4 is 28.8 Å². The van der Waals surface area contributed by atoms with Crippen LogP contribution in [-0.2, 0) is 11.2 Å². The number of halogens is 1. The fourth-order valence-corrected chi connectivity index (χ4v) is 3.48. The number of nitrogens with zero attached hydrogens (tertiary/aromatic N) is 1. The summed E-state index contributed by atoms with van der Waals surface area (Å²) in [6.07, 6.45) is 2.76. The van der Waals surface area contributed by atoms with Gasteiger partial charge in [0, 0.05) is 28.9 Å². The monoisotopic (exact) mass is 335 g/mol. The molecule has 0 aliphatic carbocycles. The first-order valence-electron chi connectivity index (χ1n) is 7.44. The van der Waals surface area contributed by atoms with Crippen LogP contribution in [0.2, 0.25) is 5.02 Å². The summed E-state index contributed by atoms with van der Waals surface area (Å²) in [7, 11) is 0. The molecule has 0 unspecified atom stereocenters. The molecule has 1 saturated heterocycles. The Morgan fingerprint density at radius 1 is 1.41 bits per heavy atom. The molecule has 1 aromatic heterocycles. The zero-order chi connectivity index (χ0) is 15.4. The van der Waals surface area contributed by atoms with Crippen LogP contribution in [0.4, 0.5) is 0 Å². The fraction of sp³-hybridized carbons (Fsp3) is 0.375. The van der Waals surface area contributed by atoms with Crippen molar-refractivity contribution in [2.24, 2.45) is 0 Å². The van der Waals surface area contributed by atoms with Crippen LogP contribution >= 0.6 is 22.9 Å². The summed E-state index contributed by atoms with van der Waals surface area (Å²) in [5.74, 6) is 0.102. The Hall–Kier alpha value is -1.43. The predicted octanol–water partition coefficient (Wildman–Crippen LogP) is 2.87. The van der Waals surface area contributed by atoms with E-state index in [0.717, 1.165) is 47.1 Å². The second-order valence-corrected chi connectivity index (χ2v) is 6.64. The molecule has 1 aromatic carbocycles. The highest BCUT2D eigenvalue weighted by atomic mass is 35.5. The summed E-state index contributed by atoms with van der Waals surface area (Å²) in [6.45, 7) is 1.56. The van der Waals surface area contributed by atoms with Gasteiger partial charge >= 0.3 is 0 Å². The molecule has 1 amide bonds. The maximum Gasteiger partial charge on any atom is 0.237 e. The molecule has 0 bridgehead atoms. The van der Waals surface area contributed by atoms with E-state index in [9.17, 15) is 4.79 Å². The van der Waals surface area contributed by atoms with Crippen molar-refractivity contribution in [1.82, 2.24) is 15.6 Å². The number of rotatable bonds is 5. The maximum absolute atomic E-state index is 11.9. The number of carbonyl (C=O) groups is 1. The highest BCUT2D eigenvalue weighted by Crippen LogP contribution is 2.25. The normalized spacial score (nSPS) is 17.6. The molecule has 0 saturated carbocycles. The molecule has 2 aromatic rings. The van der Waals surface area contributed by atoms with Crippen LogP contribution in [0.5, 0.6) is 0 Å². The molecule has 0 spiro atoms. The fourth-order valence-electron chi connectivity index (χ4n) is 2.49. The minimum atomic E-state index is -0.0138. The third-order valence-corrected chi connectivity index (χ3v) is 4.89. The molecule has 4 nitrogen and oxygen atoms in total. The lowest BCUT2D eigenvalue weighted by molar-refractivity contribution is -0.122. The molecule has 1 fully saturated rings. The minimum absolute atomic E-state index is 0.0138. The third kappa shape index (κ3) is 3.85. The van der Waals surface area contributed by atoms with E-state index >= 15 is 0 Å². The molecular formula is C16H18ClN3OS. The van der Waals surface area contributed by atoms with Crippen molar-refractivity contribution < 1.29 is 4.79 Å². The van der Waals surface area contributed by atoms with Crippen LogP contribution in [0.25, 0.3) is 10.6 Å². The first-order chi connectivity index (χ1) is 10.7. The number of thiazole rings is 1. The van der Waals surface area contributed by atoms with Crippen molar-refractivity contribution in [3.05, 3.63) is 40.4 Å². The van der Waals surface area contributed by atoms with Crippen LogP contribution in [0.3, 0.4) is 0 Å². The van der Waals surface area contributed by atoms with E-state index in [4.69, 9.17) is 11.6 Å². The largest absolute Gasteiger partial charge is 0.354 e. The van der Waals surface area contributed by atoms with Gasteiger partial charge < -0.3 is 10.6 Å². The molecule has 0 radical (unpaired) electrons. The Balaban J connectivity index is 1.51. The lowest BCUT2D eigenvalue weighted by atomic mass is 10.2. The van der Waals surface area contributed by atoms with Gasteiger partial charge in [0.15, 0.2) is 0 Å². The Bertz CT molecular complexity index is 635. The van der Waals surface area contributed by atoms with Crippen LogP contribution < -0.4 is 10.6 Å². The number of aromatic nitrogens is 1. The molecule has 22 heavy (non-hydrogen) atoms. The van der Waals surface area contributed by atoms with Gasteiger partial charge in [-0.05, 0) is 31.5 Å². The van der Waals surface area contributed by atoms with Gasteiger partial charge in [0.1, 0.15) is 5.01 Å². The van der Waals surface area contributed by atoms with E-state index in [-0.39, 0.29) is 11.9 Å². The van der Waals surface area contributed by atoms with Crippen LogP contribution in [0.1, 0.15) is 18.5 Å². The summed E-state index contributed by atoms with van der Waals surface area (Å²) in [5, 5.41) is 9.93. The van der Waals surface area contributed by atoms with Crippen molar-refractivity contribution in [1.29, 1.82) is 0 Å².